The van der Waals surface area contributed by atoms with E-state index in [1.54, 1.807) is 12.1 Å². The second-order valence-electron chi connectivity index (χ2n) is 8.54. The minimum atomic E-state index is -0.290. The van der Waals surface area contributed by atoms with Crippen LogP contribution in [0.15, 0.2) is 28.8 Å². The van der Waals surface area contributed by atoms with E-state index in [2.05, 4.69) is 28.8 Å². The zero-order chi connectivity index (χ0) is 22.4. The summed E-state index contributed by atoms with van der Waals surface area (Å²) in [5.41, 5.74) is 2.36. The van der Waals surface area contributed by atoms with Crippen molar-refractivity contribution in [1.29, 1.82) is 0 Å². The van der Waals surface area contributed by atoms with E-state index in [9.17, 15) is 9.18 Å². The predicted octanol–water partition coefficient (Wildman–Crippen LogP) is 4.41. The quantitative estimate of drug-likeness (QED) is 0.559. The van der Waals surface area contributed by atoms with Crippen molar-refractivity contribution in [3.05, 3.63) is 35.6 Å². The average molecular weight is 431 g/mol. The van der Waals surface area contributed by atoms with Crippen molar-refractivity contribution < 1.29 is 13.7 Å². The third-order valence-corrected chi connectivity index (χ3v) is 6.12. The van der Waals surface area contributed by atoms with Gasteiger partial charge >= 0.3 is 0 Å². The van der Waals surface area contributed by atoms with Crippen molar-refractivity contribution in [3.8, 4) is 11.3 Å². The number of carbonyl (C=O) groups excluding carboxylic acids is 1. The zero-order valence-electron chi connectivity index (χ0n) is 19.2. The summed E-state index contributed by atoms with van der Waals surface area (Å²) in [5, 5.41) is 4.35. The van der Waals surface area contributed by atoms with Crippen LogP contribution in [0.25, 0.3) is 11.3 Å². The molecule has 0 N–H and O–H groups in total. The van der Waals surface area contributed by atoms with Crippen molar-refractivity contribution in [2.24, 2.45) is 5.92 Å². The number of aromatic nitrogens is 1. The third kappa shape index (κ3) is 5.64. The van der Waals surface area contributed by atoms with Gasteiger partial charge in [0.1, 0.15) is 11.5 Å². The first-order valence-corrected chi connectivity index (χ1v) is 11.4. The summed E-state index contributed by atoms with van der Waals surface area (Å²) in [4.78, 5) is 19.6. The molecule has 0 spiro atoms. The first kappa shape index (κ1) is 23.3. The fraction of sp³-hybridized carbons (Fsp3) is 0.583. The first-order chi connectivity index (χ1) is 14.9. The molecule has 0 atom stereocenters. The van der Waals surface area contributed by atoms with Gasteiger partial charge in [-0.15, -0.1) is 0 Å². The molecule has 6 nitrogen and oxygen atoms in total. The van der Waals surface area contributed by atoms with Crippen LogP contribution in [0.1, 0.15) is 45.1 Å². The molecule has 1 fully saturated rings. The van der Waals surface area contributed by atoms with E-state index in [-0.39, 0.29) is 17.6 Å². The van der Waals surface area contributed by atoms with Crippen molar-refractivity contribution >= 4 is 11.8 Å². The van der Waals surface area contributed by atoms with Crippen LogP contribution in [0.5, 0.6) is 0 Å². The Labute approximate surface area is 185 Å². The molecule has 1 aromatic carbocycles. The smallest absolute Gasteiger partial charge is 0.232 e. The lowest BCUT2D eigenvalue weighted by molar-refractivity contribution is -0.136. The van der Waals surface area contributed by atoms with Gasteiger partial charge in [0.25, 0.3) is 0 Å². The van der Waals surface area contributed by atoms with Gasteiger partial charge in [-0.3, -0.25) is 4.79 Å². The van der Waals surface area contributed by atoms with Gasteiger partial charge in [-0.2, -0.15) is 0 Å². The van der Waals surface area contributed by atoms with E-state index in [1.165, 1.54) is 12.1 Å². The maximum atomic E-state index is 13.5. The summed E-state index contributed by atoms with van der Waals surface area (Å²) < 4.78 is 19.3. The molecule has 0 unspecified atom stereocenters. The highest BCUT2D eigenvalue weighted by molar-refractivity contribution is 5.80. The van der Waals surface area contributed by atoms with Crippen LogP contribution in [-0.2, 0) is 11.3 Å². The van der Waals surface area contributed by atoms with Gasteiger partial charge in [-0.25, -0.2) is 4.39 Å². The number of nitrogens with zero attached hydrogens (tertiary/aromatic N) is 4. The monoisotopic (exact) mass is 430 g/mol. The molecule has 0 bridgehead atoms. The molecule has 0 radical (unpaired) electrons. The normalized spacial score (nSPS) is 14.4. The van der Waals surface area contributed by atoms with Crippen LogP contribution in [0, 0.1) is 11.7 Å². The number of hydrogen-bond acceptors (Lipinski definition) is 5. The molecule has 3 rings (SSSR count). The number of carbonyl (C=O) groups is 1. The first-order valence-electron chi connectivity index (χ1n) is 11.4. The molecular weight excluding hydrogens is 395 g/mol. The second-order valence-corrected chi connectivity index (χ2v) is 8.54. The van der Waals surface area contributed by atoms with E-state index >= 15 is 0 Å². The van der Waals surface area contributed by atoms with Gasteiger partial charge in [-0.1, -0.05) is 18.0 Å². The Morgan fingerprint density at radius 1 is 1.10 bits per heavy atom. The maximum Gasteiger partial charge on any atom is 0.232 e. The molecule has 1 amide bonds. The van der Waals surface area contributed by atoms with E-state index in [4.69, 9.17) is 4.52 Å². The van der Waals surface area contributed by atoms with E-state index < -0.39 is 0 Å². The van der Waals surface area contributed by atoms with Crippen molar-refractivity contribution in [2.45, 2.75) is 46.1 Å². The largest absolute Gasteiger partial charge is 0.341 e. The van der Waals surface area contributed by atoms with E-state index in [0.717, 1.165) is 56.4 Å². The number of hydrogen-bond donors (Lipinski definition) is 0. The molecule has 170 valence electrons. The number of rotatable bonds is 10. The Morgan fingerprint density at radius 3 is 2.32 bits per heavy atom. The van der Waals surface area contributed by atoms with Gasteiger partial charge in [0, 0.05) is 37.7 Å². The number of halogens is 1. The summed E-state index contributed by atoms with van der Waals surface area (Å²) in [6, 6.07) is 6.29. The molecule has 1 saturated carbocycles. The fourth-order valence-electron chi connectivity index (χ4n) is 4.25. The number of likely N-dealkylation sites (N-methyl/N-ethyl adjacent to an activating group) is 1. The lowest BCUT2D eigenvalue weighted by Gasteiger charge is -2.28. The Bertz CT molecular complexity index is 840. The number of amides is 1. The van der Waals surface area contributed by atoms with E-state index in [1.807, 2.05) is 19.0 Å². The molecule has 1 aliphatic rings. The summed E-state index contributed by atoms with van der Waals surface area (Å²) >= 11 is 0. The average Bonchev–Trinajstić information content (AvgIpc) is 3.43. The standard InChI is InChI=1S/C24H35FN4O2/c1-5-28(6-2)24-21(22(26-31-24)18-11-13-20(25)14-12-18)17-29(16-15-27(3)4)23(30)19-9-7-8-10-19/h11-14,19H,5-10,15-17H2,1-4H3. The molecule has 1 heterocycles. The zero-order valence-corrected chi connectivity index (χ0v) is 19.2. The van der Waals surface area contributed by atoms with Crippen molar-refractivity contribution in [2.75, 3.05) is 45.2 Å². The lowest BCUT2D eigenvalue weighted by Crippen LogP contribution is -2.39. The van der Waals surface area contributed by atoms with Crippen LogP contribution >= 0.6 is 0 Å². The Balaban J connectivity index is 1.98. The second kappa shape index (κ2) is 10.8. The van der Waals surface area contributed by atoms with Gasteiger partial charge in [-0.05, 0) is 65.0 Å². The highest BCUT2D eigenvalue weighted by Gasteiger charge is 2.30. The van der Waals surface area contributed by atoms with Crippen LogP contribution in [0.3, 0.4) is 0 Å². The van der Waals surface area contributed by atoms with Crippen LogP contribution in [0.4, 0.5) is 10.3 Å². The summed E-state index contributed by atoms with van der Waals surface area (Å²) in [6.45, 7) is 7.56. The molecule has 1 aromatic heterocycles. The molecule has 1 aliphatic carbocycles. The Hall–Kier alpha value is -2.41. The molecule has 31 heavy (non-hydrogen) atoms. The molecule has 7 heteroatoms. The molecule has 0 aliphatic heterocycles. The highest BCUT2D eigenvalue weighted by Crippen LogP contribution is 2.34. The van der Waals surface area contributed by atoms with Crippen molar-refractivity contribution in [1.82, 2.24) is 15.0 Å². The topological polar surface area (TPSA) is 52.8 Å². The van der Waals surface area contributed by atoms with Gasteiger partial charge in [0.05, 0.1) is 12.1 Å². The molecular formula is C24H35FN4O2. The minimum Gasteiger partial charge on any atom is -0.341 e. The van der Waals surface area contributed by atoms with Gasteiger partial charge in [0.15, 0.2) is 0 Å². The number of anilines is 1. The highest BCUT2D eigenvalue weighted by atomic mass is 19.1. The third-order valence-electron chi connectivity index (χ3n) is 6.12. The Kier molecular flexibility index (Phi) is 8.07. The lowest BCUT2D eigenvalue weighted by atomic mass is 10.0. The van der Waals surface area contributed by atoms with Crippen molar-refractivity contribution in [3.63, 3.8) is 0 Å². The van der Waals surface area contributed by atoms with Crippen LogP contribution < -0.4 is 4.90 Å². The number of benzene rings is 1. The summed E-state index contributed by atoms with van der Waals surface area (Å²) in [5.74, 6) is 0.726. The Morgan fingerprint density at radius 2 is 1.74 bits per heavy atom. The maximum absolute atomic E-state index is 13.5. The summed E-state index contributed by atoms with van der Waals surface area (Å²) in [6.07, 6.45) is 4.18. The minimum absolute atomic E-state index is 0.105. The van der Waals surface area contributed by atoms with Crippen LogP contribution in [-0.4, -0.2) is 61.1 Å². The molecule has 0 saturated heterocycles. The predicted molar refractivity (Wildman–Crippen MR) is 121 cm³/mol. The summed E-state index contributed by atoms with van der Waals surface area (Å²) in [7, 11) is 4.03. The fourth-order valence-corrected chi connectivity index (χ4v) is 4.25. The van der Waals surface area contributed by atoms with E-state index in [0.29, 0.717) is 24.7 Å². The molecule has 2 aromatic rings. The van der Waals surface area contributed by atoms with Gasteiger partial charge < -0.3 is 19.2 Å². The SMILES string of the molecule is CCN(CC)c1onc(-c2ccc(F)cc2)c1CN(CCN(C)C)C(=O)C1CCCC1. The van der Waals surface area contributed by atoms with Crippen LogP contribution in [0.2, 0.25) is 0 Å². The van der Waals surface area contributed by atoms with Gasteiger partial charge in [0.2, 0.25) is 11.8 Å².